The van der Waals surface area contributed by atoms with Gasteiger partial charge in [0.1, 0.15) is 13.3 Å². The summed E-state index contributed by atoms with van der Waals surface area (Å²) in [6.45, 7) is -0.797. The quantitative estimate of drug-likeness (QED) is 0.833. The van der Waals surface area contributed by atoms with Crippen molar-refractivity contribution in [2.24, 2.45) is 0 Å². The van der Waals surface area contributed by atoms with Gasteiger partial charge in [0.05, 0.1) is 18.8 Å². The third-order valence-corrected chi connectivity index (χ3v) is 2.50. The second-order valence-corrected chi connectivity index (χ2v) is 4.27. The molecule has 1 heterocycles. The molecule has 0 atom stereocenters. The van der Waals surface area contributed by atoms with Crippen molar-refractivity contribution >= 4 is 27.7 Å². The van der Waals surface area contributed by atoms with Crippen LogP contribution in [0.25, 0.3) is 0 Å². The number of carbonyl (C=O) groups is 1. The van der Waals surface area contributed by atoms with Gasteiger partial charge in [0.15, 0.2) is 0 Å². The molecule has 6 nitrogen and oxygen atoms in total. The highest BCUT2D eigenvalue weighted by Gasteiger charge is 2.11. The second-order valence-electron chi connectivity index (χ2n) is 3.35. The van der Waals surface area contributed by atoms with E-state index in [2.05, 4.69) is 20.9 Å². The third kappa shape index (κ3) is 4.36. The molecule has 100 valence electrons. The van der Waals surface area contributed by atoms with Gasteiger partial charge in [0, 0.05) is 10.7 Å². The van der Waals surface area contributed by atoms with E-state index in [1.54, 1.807) is 6.07 Å². The number of aromatic nitrogens is 1. The van der Waals surface area contributed by atoms with Crippen LogP contribution in [0, 0.1) is 0 Å². The van der Waals surface area contributed by atoms with Gasteiger partial charge in [-0.3, -0.25) is 0 Å². The Morgan fingerprint density at radius 1 is 1.61 bits per heavy atom. The standard InChI is InChI=1S/C10H13BrFN3O3/c11-7-5-8(13)9(14-6-7)18-4-3-15(2-1-12)10(16)17/h5-6H,1-4,13H2,(H,16,17). The molecular formula is C10H13BrFN3O3. The summed E-state index contributed by atoms with van der Waals surface area (Å²) in [6.07, 6.45) is 0.329. The molecule has 18 heavy (non-hydrogen) atoms. The smallest absolute Gasteiger partial charge is 0.407 e. The lowest BCUT2D eigenvalue weighted by molar-refractivity contribution is 0.131. The summed E-state index contributed by atoms with van der Waals surface area (Å²) < 4.78 is 18.0. The summed E-state index contributed by atoms with van der Waals surface area (Å²) >= 11 is 3.20. The Hall–Kier alpha value is -1.57. The van der Waals surface area contributed by atoms with Gasteiger partial charge in [0.2, 0.25) is 5.88 Å². The molecule has 3 N–H and O–H groups in total. The van der Waals surface area contributed by atoms with Crippen LogP contribution in [-0.4, -0.2) is 47.5 Å². The second kappa shape index (κ2) is 7.00. The summed E-state index contributed by atoms with van der Waals surface area (Å²) in [4.78, 5) is 15.6. The molecule has 0 aliphatic carbocycles. The fraction of sp³-hybridized carbons (Fsp3) is 0.400. The average Bonchev–Trinajstić information content (AvgIpc) is 2.30. The Morgan fingerprint density at radius 3 is 2.89 bits per heavy atom. The molecule has 1 amide bonds. The first-order valence-corrected chi connectivity index (χ1v) is 5.91. The van der Waals surface area contributed by atoms with Gasteiger partial charge in [0.25, 0.3) is 0 Å². The van der Waals surface area contributed by atoms with Crippen LogP contribution in [0.3, 0.4) is 0 Å². The lowest BCUT2D eigenvalue weighted by Gasteiger charge is -2.17. The maximum absolute atomic E-state index is 12.1. The summed E-state index contributed by atoms with van der Waals surface area (Å²) in [6, 6.07) is 1.62. The molecule has 1 rings (SSSR count). The van der Waals surface area contributed by atoms with Crippen molar-refractivity contribution in [3.8, 4) is 5.88 Å². The molecule has 0 aromatic carbocycles. The Morgan fingerprint density at radius 2 is 2.33 bits per heavy atom. The summed E-state index contributed by atoms with van der Waals surface area (Å²) in [5.74, 6) is 0.226. The number of alkyl halides is 1. The van der Waals surface area contributed by atoms with Crippen molar-refractivity contribution in [3.05, 3.63) is 16.7 Å². The van der Waals surface area contributed by atoms with Crippen LogP contribution in [0.1, 0.15) is 0 Å². The topological polar surface area (TPSA) is 88.7 Å². The molecule has 0 saturated carbocycles. The van der Waals surface area contributed by atoms with Crippen LogP contribution >= 0.6 is 15.9 Å². The number of nitrogen functional groups attached to an aromatic ring is 1. The number of hydrogen-bond donors (Lipinski definition) is 2. The number of rotatable bonds is 6. The summed E-state index contributed by atoms with van der Waals surface area (Å²) in [5.41, 5.74) is 5.99. The Balaban J connectivity index is 2.47. The number of amides is 1. The van der Waals surface area contributed by atoms with Crippen molar-refractivity contribution in [3.63, 3.8) is 0 Å². The Kier molecular flexibility index (Phi) is 5.63. The predicted molar refractivity (Wildman–Crippen MR) is 67.4 cm³/mol. The Bertz CT molecular complexity index is 419. The molecule has 0 fully saturated rings. The maximum atomic E-state index is 12.1. The van der Waals surface area contributed by atoms with Crippen LogP contribution < -0.4 is 10.5 Å². The van der Waals surface area contributed by atoms with E-state index in [4.69, 9.17) is 15.6 Å². The van der Waals surface area contributed by atoms with Gasteiger partial charge in [-0.15, -0.1) is 0 Å². The zero-order valence-electron chi connectivity index (χ0n) is 9.47. The van der Waals surface area contributed by atoms with E-state index >= 15 is 0 Å². The van der Waals surface area contributed by atoms with Gasteiger partial charge in [-0.2, -0.15) is 0 Å². The molecule has 0 unspecified atom stereocenters. The fourth-order valence-corrected chi connectivity index (χ4v) is 1.57. The SMILES string of the molecule is Nc1cc(Br)cnc1OCCN(CCF)C(=O)O. The fourth-order valence-electron chi connectivity index (χ4n) is 1.22. The number of carboxylic acid groups (broad SMARTS) is 1. The van der Waals surface area contributed by atoms with E-state index in [-0.39, 0.29) is 25.6 Å². The molecule has 0 saturated heterocycles. The highest BCUT2D eigenvalue weighted by molar-refractivity contribution is 9.10. The van der Waals surface area contributed by atoms with E-state index < -0.39 is 12.8 Å². The largest absolute Gasteiger partial charge is 0.474 e. The van der Waals surface area contributed by atoms with E-state index in [9.17, 15) is 9.18 Å². The molecule has 0 bridgehead atoms. The van der Waals surface area contributed by atoms with Crippen LogP contribution in [0.15, 0.2) is 16.7 Å². The molecule has 8 heteroatoms. The zero-order chi connectivity index (χ0) is 13.5. The van der Waals surface area contributed by atoms with Crippen LogP contribution in [0.5, 0.6) is 5.88 Å². The van der Waals surface area contributed by atoms with Crippen LogP contribution in [0.4, 0.5) is 14.9 Å². The molecule has 0 radical (unpaired) electrons. The number of hydrogen-bond acceptors (Lipinski definition) is 4. The zero-order valence-corrected chi connectivity index (χ0v) is 11.1. The normalized spacial score (nSPS) is 10.1. The molecule has 0 spiro atoms. The average molecular weight is 322 g/mol. The predicted octanol–water partition coefficient (Wildman–Crippen LogP) is 1.75. The van der Waals surface area contributed by atoms with E-state index in [0.717, 1.165) is 9.37 Å². The minimum atomic E-state index is -1.19. The van der Waals surface area contributed by atoms with Crippen LogP contribution in [0.2, 0.25) is 0 Å². The lowest BCUT2D eigenvalue weighted by Crippen LogP contribution is -2.35. The third-order valence-electron chi connectivity index (χ3n) is 2.07. The van der Waals surface area contributed by atoms with Gasteiger partial charge < -0.3 is 20.5 Å². The number of nitrogens with two attached hydrogens (primary N) is 1. The van der Waals surface area contributed by atoms with Crippen molar-refractivity contribution in [1.82, 2.24) is 9.88 Å². The van der Waals surface area contributed by atoms with E-state index in [1.807, 2.05) is 0 Å². The van der Waals surface area contributed by atoms with Gasteiger partial charge >= 0.3 is 6.09 Å². The highest BCUT2D eigenvalue weighted by Crippen LogP contribution is 2.21. The van der Waals surface area contributed by atoms with Gasteiger partial charge in [-0.25, -0.2) is 14.2 Å². The summed E-state index contributed by atoms with van der Waals surface area (Å²) in [5, 5.41) is 8.75. The van der Waals surface area contributed by atoms with Crippen molar-refractivity contribution in [2.45, 2.75) is 0 Å². The molecule has 0 aliphatic heterocycles. The molecule has 1 aromatic heterocycles. The first-order valence-electron chi connectivity index (χ1n) is 5.12. The van der Waals surface area contributed by atoms with E-state index in [1.165, 1.54) is 6.20 Å². The lowest BCUT2D eigenvalue weighted by atomic mass is 10.4. The van der Waals surface area contributed by atoms with Crippen molar-refractivity contribution < 1.29 is 19.0 Å². The molecular weight excluding hydrogens is 309 g/mol. The minimum absolute atomic E-state index is 0.0520. The number of nitrogens with zero attached hydrogens (tertiary/aromatic N) is 2. The first-order chi connectivity index (χ1) is 8.54. The first kappa shape index (κ1) is 14.5. The van der Waals surface area contributed by atoms with Crippen LogP contribution in [-0.2, 0) is 0 Å². The number of ether oxygens (including phenoxy) is 1. The number of anilines is 1. The number of pyridine rings is 1. The summed E-state index contributed by atoms with van der Waals surface area (Å²) in [7, 11) is 0. The van der Waals surface area contributed by atoms with Gasteiger partial charge in [-0.1, -0.05) is 0 Å². The Labute approximate surface area is 112 Å². The number of halogens is 2. The molecule has 0 aliphatic rings. The monoisotopic (exact) mass is 321 g/mol. The van der Waals surface area contributed by atoms with E-state index in [0.29, 0.717) is 5.69 Å². The van der Waals surface area contributed by atoms with Gasteiger partial charge in [-0.05, 0) is 22.0 Å². The molecule has 1 aromatic rings. The minimum Gasteiger partial charge on any atom is -0.474 e. The highest BCUT2D eigenvalue weighted by atomic mass is 79.9. The van der Waals surface area contributed by atoms with Crippen molar-refractivity contribution in [2.75, 3.05) is 32.1 Å². The maximum Gasteiger partial charge on any atom is 0.407 e. The van der Waals surface area contributed by atoms with Crippen molar-refractivity contribution in [1.29, 1.82) is 0 Å².